The van der Waals surface area contributed by atoms with Crippen molar-refractivity contribution < 1.29 is 4.39 Å². The van der Waals surface area contributed by atoms with E-state index in [1.165, 1.54) is 12.1 Å². The molecule has 102 valence electrons. The summed E-state index contributed by atoms with van der Waals surface area (Å²) in [6.07, 6.45) is 0. The minimum Gasteiger partial charge on any atom is -0.377 e. The monoisotopic (exact) mass is 352 g/mol. The van der Waals surface area contributed by atoms with Gasteiger partial charge in [-0.15, -0.1) is 0 Å². The third kappa shape index (κ3) is 3.30. The van der Waals surface area contributed by atoms with Gasteiger partial charge in [0.25, 0.3) is 0 Å². The fourth-order valence-corrected chi connectivity index (χ4v) is 2.79. The van der Waals surface area contributed by atoms with E-state index in [0.717, 1.165) is 11.3 Å². The van der Waals surface area contributed by atoms with Crippen LogP contribution < -0.4 is 5.32 Å². The molecule has 0 heterocycles. The van der Waals surface area contributed by atoms with Crippen LogP contribution in [0.3, 0.4) is 0 Å². The van der Waals surface area contributed by atoms with Crippen LogP contribution >= 0.6 is 27.5 Å². The van der Waals surface area contributed by atoms with Gasteiger partial charge < -0.3 is 5.32 Å². The van der Waals surface area contributed by atoms with Crippen LogP contribution in [0.25, 0.3) is 0 Å². The average Bonchev–Trinajstić information content (AvgIpc) is 2.40. The van der Waals surface area contributed by atoms with Crippen LogP contribution in [0.4, 0.5) is 10.1 Å². The molecular weight excluding hydrogens is 343 g/mol. The Morgan fingerprint density at radius 3 is 2.65 bits per heavy atom. The fourth-order valence-electron chi connectivity index (χ4n) is 1.87. The van der Waals surface area contributed by atoms with Gasteiger partial charge in [0, 0.05) is 10.5 Å². The van der Waals surface area contributed by atoms with Crippen LogP contribution in [0.1, 0.15) is 24.1 Å². The van der Waals surface area contributed by atoms with E-state index in [1.807, 2.05) is 13.0 Å². The van der Waals surface area contributed by atoms with E-state index in [2.05, 4.69) is 21.2 Å². The van der Waals surface area contributed by atoms with Gasteiger partial charge in [-0.1, -0.05) is 33.6 Å². The molecule has 0 amide bonds. The lowest BCUT2D eigenvalue weighted by Gasteiger charge is -2.18. The Kier molecular flexibility index (Phi) is 4.64. The molecule has 0 aliphatic carbocycles. The summed E-state index contributed by atoms with van der Waals surface area (Å²) in [5, 5.41) is 12.5. The van der Waals surface area contributed by atoms with Gasteiger partial charge in [0.05, 0.1) is 22.3 Å². The molecule has 1 atom stereocenters. The van der Waals surface area contributed by atoms with Crippen molar-refractivity contribution in [3.63, 3.8) is 0 Å². The summed E-state index contributed by atoms with van der Waals surface area (Å²) >= 11 is 9.47. The van der Waals surface area contributed by atoms with Gasteiger partial charge in [-0.2, -0.15) is 5.26 Å². The molecular formula is C15H11BrClFN2. The molecule has 0 saturated carbocycles. The SMILES string of the molecule is CC(Nc1ccc(C#N)cc1Cl)c1ccc(F)cc1Br. The van der Waals surface area contributed by atoms with Crippen LogP contribution in [0.15, 0.2) is 40.9 Å². The summed E-state index contributed by atoms with van der Waals surface area (Å²) < 4.78 is 13.8. The average molecular weight is 354 g/mol. The van der Waals surface area contributed by atoms with Crippen molar-refractivity contribution in [2.45, 2.75) is 13.0 Å². The largest absolute Gasteiger partial charge is 0.377 e. The molecule has 0 saturated heterocycles. The first-order valence-corrected chi connectivity index (χ1v) is 7.09. The Morgan fingerprint density at radius 1 is 1.30 bits per heavy atom. The summed E-state index contributed by atoms with van der Waals surface area (Å²) in [7, 11) is 0. The molecule has 0 fully saturated rings. The second kappa shape index (κ2) is 6.25. The lowest BCUT2D eigenvalue weighted by molar-refractivity contribution is 0.625. The molecule has 2 aromatic carbocycles. The summed E-state index contributed by atoms with van der Waals surface area (Å²) in [6, 6.07) is 11.6. The number of benzene rings is 2. The van der Waals surface area contributed by atoms with Gasteiger partial charge in [0.2, 0.25) is 0 Å². The highest BCUT2D eigenvalue weighted by Crippen LogP contribution is 2.30. The molecule has 0 bridgehead atoms. The van der Waals surface area contributed by atoms with E-state index >= 15 is 0 Å². The zero-order valence-corrected chi connectivity index (χ0v) is 13.0. The number of nitrogens with one attached hydrogen (secondary N) is 1. The Labute approximate surface area is 130 Å². The number of nitriles is 1. The maximum Gasteiger partial charge on any atom is 0.124 e. The second-order valence-electron chi connectivity index (χ2n) is 4.34. The third-order valence-electron chi connectivity index (χ3n) is 2.90. The van der Waals surface area contributed by atoms with Crippen molar-refractivity contribution in [2.24, 2.45) is 0 Å². The Balaban J connectivity index is 2.23. The minimum absolute atomic E-state index is 0.0598. The van der Waals surface area contributed by atoms with Crippen molar-refractivity contribution in [1.29, 1.82) is 5.26 Å². The van der Waals surface area contributed by atoms with Crippen LogP contribution in [0.5, 0.6) is 0 Å². The van der Waals surface area contributed by atoms with E-state index in [1.54, 1.807) is 24.3 Å². The van der Waals surface area contributed by atoms with E-state index in [4.69, 9.17) is 16.9 Å². The number of anilines is 1. The van der Waals surface area contributed by atoms with Crippen LogP contribution in [-0.2, 0) is 0 Å². The molecule has 2 rings (SSSR count). The van der Waals surface area contributed by atoms with Crippen molar-refractivity contribution in [2.75, 3.05) is 5.32 Å². The molecule has 1 N–H and O–H groups in total. The summed E-state index contributed by atoms with van der Waals surface area (Å²) in [5.41, 5.74) is 2.16. The normalized spacial score (nSPS) is 11.8. The quantitative estimate of drug-likeness (QED) is 0.814. The van der Waals surface area contributed by atoms with Gasteiger partial charge in [0.15, 0.2) is 0 Å². The Hall–Kier alpha value is -1.57. The van der Waals surface area contributed by atoms with Gasteiger partial charge in [-0.25, -0.2) is 4.39 Å². The van der Waals surface area contributed by atoms with Crippen LogP contribution in [0.2, 0.25) is 5.02 Å². The first-order chi connectivity index (χ1) is 9.51. The zero-order valence-electron chi connectivity index (χ0n) is 10.6. The third-order valence-corrected chi connectivity index (χ3v) is 3.90. The van der Waals surface area contributed by atoms with Crippen molar-refractivity contribution >= 4 is 33.2 Å². The molecule has 2 nitrogen and oxygen atoms in total. The zero-order chi connectivity index (χ0) is 14.7. The molecule has 20 heavy (non-hydrogen) atoms. The van der Waals surface area contributed by atoms with E-state index in [-0.39, 0.29) is 11.9 Å². The summed E-state index contributed by atoms with van der Waals surface area (Å²) in [6.45, 7) is 1.95. The smallest absolute Gasteiger partial charge is 0.124 e. The lowest BCUT2D eigenvalue weighted by atomic mass is 10.1. The number of halogens is 3. The van der Waals surface area contributed by atoms with Gasteiger partial charge >= 0.3 is 0 Å². The number of hydrogen-bond acceptors (Lipinski definition) is 2. The predicted molar refractivity (Wildman–Crippen MR) is 82.3 cm³/mol. The maximum atomic E-state index is 13.1. The molecule has 1 unspecified atom stereocenters. The highest BCUT2D eigenvalue weighted by Gasteiger charge is 2.11. The molecule has 0 aromatic heterocycles. The second-order valence-corrected chi connectivity index (χ2v) is 5.60. The maximum absolute atomic E-state index is 13.1. The highest BCUT2D eigenvalue weighted by molar-refractivity contribution is 9.10. The van der Waals surface area contributed by atoms with E-state index < -0.39 is 0 Å². The van der Waals surface area contributed by atoms with Crippen molar-refractivity contribution in [1.82, 2.24) is 0 Å². The fraction of sp³-hybridized carbons (Fsp3) is 0.133. The molecule has 5 heteroatoms. The topological polar surface area (TPSA) is 35.8 Å². The highest BCUT2D eigenvalue weighted by atomic mass is 79.9. The molecule has 2 aromatic rings. The summed E-state index contributed by atoms with van der Waals surface area (Å²) in [4.78, 5) is 0. The van der Waals surface area contributed by atoms with Crippen molar-refractivity contribution in [3.8, 4) is 6.07 Å². The van der Waals surface area contributed by atoms with Gasteiger partial charge in [-0.3, -0.25) is 0 Å². The van der Waals surface area contributed by atoms with E-state index in [0.29, 0.717) is 15.1 Å². The molecule has 0 aliphatic rings. The number of rotatable bonds is 3. The first-order valence-electron chi connectivity index (χ1n) is 5.92. The number of nitrogens with zero attached hydrogens (tertiary/aromatic N) is 1. The summed E-state index contributed by atoms with van der Waals surface area (Å²) in [5.74, 6) is -0.288. The predicted octanol–water partition coefficient (Wildman–Crippen LogP) is 5.29. The molecule has 0 spiro atoms. The minimum atomic E-state index is -0.288. The van der Waals surface area contributed by atoms with Gasteiger partial charge in [0.1, 0.15) is 5.82 Å². The number of hydrogen-bond donors (Lipinski definition) is 1. The first kappa shape index (κ1) is 14.8. The Bertz CT molecular complexity index is 682. The van der Waals surface area contributed by atoms with E-state index in [9.17, 15) is 4.39 Å². The van der Waals surface area contributed by atoms with Gasteiger partial charge in [-0.05, 0) is 42.8 Å². The van der Waals surface area contributed by atoms with Crippen LogP contribution in [-0.4, -0.2) is 0 Å². The standard InChI is InChI=1S/C15H11BrClFN2/c1-9(12-4-3-11(18)7-13(12)16)20-15-5-2-10(8-19)6-14(15)17/h2-7,9,20H,1H3. The lowest BCUT2D eigenvalue weighted by Crippen LogP contribution is -2.08. The van der Waals surface area contributed by atoms with Crippen molar-refractivity contribution in [3.05, 3.63) is 62.8 Å². The molecule has 0 radical (unpaired) electrons. The van der Waals surface area contributed by atoms with Crippen LogP contribution in [0, 0.1) is 17.1 Å². The Morgan fingerprint density at radius 2 is 2.05 bits per heavy atom. The molecule has 0 aliphatic heterocycles.